The third-order valence-corrected chi connectivity index (χ3v) is 2.73. The van der Waals surface area contributed by atoms with E-state index in [1.54, 1.807) is 18.2 Å². The van der Waals surface area contributed by atoms with E-state index in [0.717, 1.165) is 17.7 Å². The molecule has 0 aliphatic carbocycles. The lowest BCUT2D eigenvalue weighted by Gasteiger charge is -2.09. The average Bonchev–Trinajstić information content (AvgIpc) is 2.49. The van der Waals surface area contributed by atoms with Crippen molar-refractivity contribution in [1.29, 1.82) is 0 Å². The Labute approximate surface area is 120 Å². The molecule has 2 rings (SSSR count). The minimum absolute atomic E-state index is 0.351. The van der Waals surface area contributed by atoms with Crippen LogP contribution < -0.4 is 15.8 Å². The molecule has 21 heavy (non-hydrogen) atoms. The van der Waals surface area contributed by atoms with Crippen LogP contribution in [0.5, 0.6) is 5.75 Å². The molecule has 0 unspecified atom stereocenters. The molecule has 0 radical (unpaired) electrons. The number of amides is 1. The van der Waals surface area contributed by atoms with Crippen molar-refractivity contribution in [3.63, 3.8) is 0 Å². The van der Waals surface area contributed by atoms with Crippen molar-refractivity contribution in [2.75, 3.05) is 11.9 Å². The Morgan fingerprint density at radius 1 is 1.14 bits per heavy atom. The molecule has 0 aromatic heterocycles. The maximum Gasteiger partial charge on any atom is 0.262 e. The highest BCUT2D eigenvalue weighted by molar-refractivity contribution is 5.92. The molecule has 0 heterocycles. The highest BCUT2D eigenvalue weighted by Gasteiger charge is 2.12. The fraction of sp³-hybridized carbons (Fsp3) is 0.133. The van der Waals surface area contributed by atoms with Crippen LogP contribution >= 0.6 is 0 Å². The number of nitrogens with two attached hydrogens (primary N) is 1. The van der Waals surface area contributed by atoms with E-state index in [0.29, 0.717) is 12.3 Å². The Morgan fingerprint density at radius 3 is 2.48 bits per heavy atom. The van der Waals surface area contributed by atoms with E-state index < -0.39 is 23.2 Å². The molecular formula is C15H14F2N2O2. The monoisotopic (exact) mass is 292 g/mol. The van der Waals surface area contributed by atoms with Crippen LogP contribution in [-0.2, 0) is 11.3 Å². The Bertz CT molecular complexity index is 627. The van der Waals surface area contributed by atoms with Gasteiger partial charge in [0.05, 0.1) is 0 Å². The molecule has 0 spiro atoms. The van der Waals surface area contributed by atoms with Gasteiger partial charge in [0.1, 0.15) is 23.1 Å². The van der Waals surface area contributed by atoms with Crippen LogP contribution in [0.1, 0.15) is 5.56 Å². The first-order chi connectivity index (χ1) is 10.1. The molecule has 0 saturated carbocycles. The molecule has 110 valence electrons. The highest BCUT2D eigenvalue weighted by Crippen LogP contribution is 2.18. The molecule has 2 aromatic rings. The molecule has 0 aliphatic heterocycles. The number of nitrogens with one attached hydrogen (secondary N) is 1. The van der Waals surface area contributed by atoms with Crippen molar-refractivity contribution in [3.05, 3.63) is 59.7 Å². The van der Waals surface area contributed by atoms with Crippen molar-refractivity contribution < 1.29 is 18.3 Å². The van der Waals surface area contributed by atoms with Crippen molar-refractivity contribution in [3.8, 4) is 5.75 Å². The molecule has 0 aliphatic rings. The topological polar surface area (TPSA) is 64.3 Å². The summed E-state index contributed by atoms with van der Waals surface area (Å²) in [5.74, 6) is -1.87. The number of benzene rings is 2. The van der Waals surface area contributed by atoms with Crippen molar-refractivity contribution in [2.24, 2.45) is 5.73 Å². The highest BCUT2D eigenvalue weighted by atomic mass is 19.1. The third-order valence-electron chi connectivity index (χ3n) is 2.73. The second-order valence-electron chi connectivity index (χ2n) is 4.29. The molecular weight excluding hydrogens is 278 g/mol. The summed E-state index contributed by atoms with van der Waals surface area (Å²) in [6.07, 6.45) is 0. The lowest BCUT2D eigenvalue weighted by molar-refractivity contribution is -0.118. The van der Waals surface area contributed by atoms with Gasteiger partial charge in [-0.1, -0.05) is 18.2 Å². The van der Waals surface area contributed by atoms with Gasteiger partial charge >= 0.3 is 0 Å². The van der Waals surface area contributed by atoms with Gasteiger partial charge in [0.15, 0.2) is 6.61 Å². The number of halogens is 2. The molecule has 0 atom stereocenters. The molecule has 6 heteroatoms. The standard InChI is InChI=1S/C15H14F2N2O2/c16-12-5-2-6-13(17)15(12)19-14(20)9-21-11-4-1-3-10(7-11)8-18/h1-7H,8-9,18H2,(H,19,20). The zero-order valence-corrected chi connectivity index (χ0v) is 11.1. The van der Waals surface area contributed by atoms with E-state index in [-0.39, 0.29) is 6.61 Å². The maximum absolute atomic E-state index is 13.4. The van der Waals surface area contributed by atoms with Gasteiger partial charge in [-0.05, 0) is 29.8 Å². The van der Waals surface area contributed by atoms with Gasteiger partial charge in [0.2, 0.25) is 0 Å². The van der Waals surface area contributed by atoms with Gasteiger partial charge in [-0.15, -0.1) is 0 Å². The lowest BCUT2D eigenvalue weighted by atomic mass is 10.2. The molecule has 4 nitrogen and oxygen atoms in total. The summed E-state index contributed by atoms with van der Waals surface area (Å²) in [6.45, 7) is -0.00830. The molecule has 0 fully saturated rings. The summed E-state index contributed by atoms with van der Waals surface area (Å²) in [7, 11) is 0. The van der Waals surface area contributed by atoms with E-state index in [1.165, 1.54) is 6.07 Å². The fourth-order valence-electron chi connectivity index (χ4n) is 1.70. The minimum atomic E-state index is -0.839. The van der Waals surface area contributed by atoms with E-state index in [2.05, 4.69) is 5.32 Å². The van der Waals surface area contributed by atoms with Crippen LogP contribution in [0.15, 0.2) is 42.5 Å². The van der Waals surface area contributed by atoms with Gasteiger partial charge < -0.3 is 15.8 Å². The predicted molar refractivity (Wildman–Crippen MR) is 74.8 cm³/mol. The molecule has 3 N–H and O–H groups in total. The SMILES string of the molecule is NCc1cccc(OCC(=O)Nc2c(F)cccc2F)c1. The summed E-state index contributed by atoms with van der Waals surface area (Å²) < 4.78 is 32.0. The molecule has 1 amide bonds. The Balaban J connectivity index is 1.96. The number of anilines is 1. The van der Waals surface area contributed by atoms with E-state index >= 15 is 0 Å². The second kappa shape index (κ2) is 6.81. The van der Waals surface area contributed by atoms with Gasteiger partial charge in [-0.25, -0.2) is 8.78 Å². The van der Waals surface area contributed by atoms with Crippen molar-refractivity contribution in [2.45, 2.75) is 6.54 Å². The normalized spacial score (nSPS) is 10.2. The number of hydrogen-bond donors (Lipinski definition) is 2. The number of ether oxygens (including phenoxy) is 1. The van der Waals surface area contributed by atoms with Gasteiger partial charge in [0, 0.05) is 6.54 Å². The summed E-state index contributed by atoms with van der Waals surface area (Å²) >= 11 is 0. The van der Waals surface area contributed by atoms with Crippen molar-refractivity contribution >= 4 is 11.6 Å². The smallest absolute Gasteiger partial charge is 0.262 e. The summed E-state index contributed by atoms with van der Waals surface area (Å²) in [4.78, 5) is 11.7. The van der Waals surface area contributed by atoms with E-state index in [4.69, 9.17) is 10.5 Å². The Hall–Kier alpha value is -2.47. The fourth-order valence-corrected chi connectivity index (χ4v) is 1.70. The Morgan fingerprint density at radius 2 is 1.81 bits per heavy atom. The van der Waals surface area contributed by atoms with Crippen LogP contribution in [0.25, 0.3) is 0 Å². The number of hydrogen-bond acceptors (Lipinski definition) is 3. The second-order valence-corrected chi connectivity index (χ2v) is 4.29. The quantitative estimate of drug-likeness (QED) is 0.889. The third kappa shape index (κ3) is 4.00. The van der Waals surface area contributed by atoms with E-state index in [1.807, 2.05) is 6.07 Å². The molecule has 2 aromatic carbocycles. The van der Waals surface area contributed by atoms with Crippen LogP contribution in [0.2, 0.25) is 0 Å². The van der Waals surface area contributed by atoms with E-state index in [9.17, 15) is 13.6 Å². The Kier molecular flexibility index (Phi) is 4.84. The first kappa shape index (κ1) is 14.9. The zero-order chi connectivity index (χ0) is 15.2. The number of carbonyl (C=O) groups is 1. The number of carbonyl (C=O) groups excluding carboxylic acids is 1. The largest absolute Gasteiger partial charge is 0.484 e. The minimum Gasteiger partial charge on any atom is -0.484 e. The summed E-state index contributed by atoms with van der Waals surface area (Å²) in [5, 5.41) is 2.14. The number of para-hydroxylation sites is 1. The molecule has 0 saturated heterocycles. The van der Waals surface area contributed by atoms with Gasteiger partial charge in [-0.3, -0.25) is 4.79 Å². The first-order valence-electron chi connectivity index (χ1n) is 6.26. The van der Waals surface area contributed by atoms with Gasteiger partial charge in [-0.2, -0.15) is 0 Å². The van der Waals surface area contributed by atoms with Crippen LogP contribution in [0, 0.1) is 11.6 Å². The zero-order valence-electron chi connectivity index (χ0n) is 11.1. The van der Waals surface area contributed by atoms with Crippen LogP contribution in [-0.4, -0.2) is 12.5 Å². The summed E-state index contributed by atoms with van der Waals surface area (Å²) in [6, 6.07) is 10.3. The first-order valence-corrected chi connectivity index (χ1v) is 6.26. The number of rotatable bonds is 5. The average molecular weight is 292 g/mol. The molecule has 0 bridgehead atoms. The lowest BCUT2D eigenvalue weighted by Crippen LogP contribution is -2.21. The maximum atomic E-state index is 13.4. The van der Waals surface area contributed by atoms with Crippen LogP contribution in [0.4, 0.5) is 14.5 Å². The predicted octanol–water partition coefficient (Wildman–Crippen LogP) is 2.44. The van der Waals surface area contributed by atoms with Gasteiger partial charge in [0.25, 0.3) is 5.91 Å². The van der Waals surface area contributed by atoms with Crippen LogP contribution in [0.3, 0.4) is 0 Å². The summed E-state index contributed by atoms with van der Waals surface area (Å²) in [5.41, 5.74) is 5.86. The van der Waals surface area contributed by atoms with Crippen molar-refractivity contribution in [1.82, 2.24) is 0 Å².